The van der Waals surface area contributed by atoms with Crippen molar-refractivity contribution in [2.45, 2.75) is 51.4 Å². The number of aliphatic hydroxyl groups excluding tert-OH is 1. The molecular weight excluding hydrogens is 496 g/mol. The van der Waals surface area contributed by atoms with Crippen LogP contribution in [-0.4, -0.2) is 46.7 Å². The lowest BCUT2D eigenvalue weighted by atomic mass is 9.90. The Balaban J connectivity index is 1.50. The molecule has 39 heavy (non-hydrogen) atoms. The van der Waals surface area contributed by atoms with Crippen molar-refractivity contribution in [1.82, 2.24) is 4.90 Å². The van der Waals surface area contributed by atoms with Gasteiger partial charge in [-0.1, -0.05) is 73.7 Å². The molecule has 1 amide bonds. The highest BCUT2D eigenvalue weighted by Crippen LogP contribution is 2.42. The molecule has 1 aliphatic rings. The Labute approximate surface area is 229 Å². The molecule has 1 aliphatic heterocycles. The molecule has 0 spiro atoms. The number of aliphatic carboxylic acids is 1. The van der Waals surface area contributed by atoms with Gasteiger partial charge in [0.15, 0.2) is 6.29 Å². The van der Waals surface area contributed by atoms with Gasteiger partial charge >= 0.3 is 5.97 Å². The number of carboxylic acids is 1. The van der Waals surface area contributed by atoms with Gasteiger partial charge in [0, 0.05) is 36.7 Å². The summed E-state index contributed by atoms with van der Waals surface area (Å²) in [7, 11) is 2.08. The summed E-state index contributed by atoms with van der Waals surface area (Å²) in [4.78, 5) is 25.0. The summed E-state index contributed by atoms with van der Waals surface area (Å²) in [6, 6.07) is 25.4. The number of anilines is 1. The summed E-state index contributed by atoms with van der Waals surface area (Å²) in [5.41, 5.74) is 4.49. The van der Waals surface area contributed by atoms with Crippen LogP contribution in [0.1, 0.15) is 54.4 Å². The Bertz CT molecular complexity index is 1220. The molecule has 0 aliphatic carbocycles. The monoisotopic (exact) mass is 532 g/mol. The number of benzene rings is 3. The van der Waals surface area contributed by atoms with Crippen molar-refractivity contribution < 1.29 is 29.3 Å². The average Bonchev–Trinajstić information content (AvgIpc) is 2.94. The quantitative estimate of drug-likeness (QED) is 0.322. The summed E-state index contributed by atoms with van der Waals surface area (Å²) in [5, 5.41) is 21.0. The van der Waals surface area contributed by atoms with Gasteiger partial charge in [0.1, 0.15) is 0 Å². The fourth-order valence-corrected chi connectivity index (χ4v) is 4.76. The first-order chi connectivity index (χ1) is 18.8. The number of nitrogens with zero attached hydrogens (tertiary/aromatic N) is 1. The first-order valence-corrected chi connectivity index (χ1v) is 13.2. The minimum Gasteiger partial charge on any atom is -0.481 e. The lowest BCUT2D eigenvalue weighted by Gasteiger charge is -2.42. The molecule has 0 radical (unpaired) electrons. The molecule has 1 saturated heterocycles. The average molecular weight is 533 g/mol. The third-order valence-corrected chi connectivity index (χ3v) is 6.94. The predicted molar refractivity (Wildman–Crippen MR) is 148 cm³/mol. The van der Waals surface area contributed by atoms with Crippen LogP contribution in [0, 0.1) is 5.92 Å². The van der Waals surface area contributed by atoms with Crippen LogP contribution >= 0.6 is 0 Å². The Morgan fingerprint density at radius 3 is 2.18 bits per heavy atom. The van der Waals surface area contributed by atoms with Crippen LogP contribution in [0.5, 0.6) is 0 Å². The molecule has 3 aromatic rings. The summed E-state index contributed by atoms with van der Waals surface area (Å²) < 4.78 is 13.0. The summed E-state index contributed by atoms with van der Waals surface area (Å²) >= 11 is 0. The summed E-state index contributed by atoms with van der Waals surface area (Å²) in [6.45, 7) is 3.63. The van der Waals surface area contributed by atoms with Crippen molar-refractivity contribution in [3.63, 3.8) is 0 Å². The zero-order valence-corrected chi connectivity index (χ0v) is 22.3. The van der Waals surface area contributed by atoms with Gasteiger partial charge in [-0.3, -0.25) is 14.5 Å². The Morgan fingerprint density at radius 1 is 0.872 bits per heavy atom. The molecule has 0 saturated carbocycles. The number of hydrogen-bond donors (Lipinski definition) is 3. The molecule has 4 atom stereocenters. The van der Waals surface area contributed by atoms with Crippen molar-refractivity contribution in [2.24, 2.45) is 5.92 Å². The maximum absolute atomic E-state index is 12.0. The van der Waals surface area contributed by atoms with E-state index in [1.165, 1.54) is 5.56 Å². The van der Waals surface area contributed by atoms with E-state index >= 15 is 0 Å². The largest absolute Gasteiger partial charge is 0.481 e. The minimum absolute atomic E-state index is 0.0147. The van der Waals surface area contributed by atoms with Gasteiger partial charge in [0.05, 0.1) is 25.2 Å². The van der Waals surface area contributed by atoms with Crippen molar-refractivity contribution in [2.75, 3.05) is 18.9 Å². The van der Waals surface area contributed by atoms with Gasteiger partial charge in [-0.15, -0.1) is 0 Å². The minimum atomic E-state index is -1.01. The van der Waals surface area contributed by atoms with Crippen LogP contribution in [0.3, 0.4) is 0 Å². The molecule has 4 rings (SSSR count). The first kappa shape index (κ1) is 28.4. The van der Waals surface area contributed by atoms with E-state index in [1.54, 1.807) is 12.1 Å². The van der Waals surface area contributed by atoms with E-state index in [9.17, 15) is 14.7 Å². The van der Waals surface area contributed by atoms with Crippen molar-refractivity contribution in [3.8, 4) is 0 Å². The number of likely N-dealkylation sites (N-methyl/N-ethyl adjacent to an activating group) is 1. The lowest BCUT2D eigenvalue weighted by molar-refractivity contribution is -0.276. The highest BCUT2D eigenvalue weighted by Gasteiger charge is 2.38. The number of aliphatic hydroxyl groups is 1. The molecule has 3 N–H and O–H groups in total. The molecule has 0 bridgehead atoms. The van der Waals surface area contributed by atoms with Crippen molar-refractivity contribution >= 4 is 17.6 Å². The van der Waals surface area contributed by atoms with Gasteiger partial charge in [-0.25, -0.2) is 0 Å². The van der Waals surface area contributed by atoms with Crippen LogP contribution in [0.4, 0.5) is 5.69 Å². The smallest absolute Gasteiger partial charge is 0.303 e. The number of hydrogen-bond acceptors (Lipinski definition) is 6. The second-order valence-electron chi connectivity index (χ2n) is 10.1. The summed E-state index contributed by atoms with van der Waals surface area (Å²) in [6.07, 6.45) is -1.25. The standard InChI is InChI=1S/C31H36N2O6/c1-21-27(19-33(2)18-22-6-4-3-5-7-22)38-31(39-30(21)24-10-8-23(20-34)9-11-24)25-12-14-26(15-13-25)32-28(35)16-17-29(36)37/h3-15,21,27,30-31,34H,16-20H2,1-2H3,(H,32,35)(H,36,37). The van der Waals surface area contributed by atoms with Gasteiger partial charge in [-0.05, 0) is 35.9 Å². The molecule has 206 valence electrons. The number of carbonyl (C=O) groups is 2. The fourth-order valence-electron chi connectivity index (χ4n) is 4.76. The molecular formula is C31H36N2O6. The lowest BCUT2D eigenvalue weighted by Crippen LogP contribution is -2.43. The SMILES string of the molecule is CC1C(CN(C)Cc2ccccc2)OC(c2ccc(NC(=O)CCC(=O)O)cc2)OC1c1ccc(CO)cc1. The molecule has 4 unspecified atom stereocenters. The van der Waals surface area contributed by atoms with E-state index in [1.807, 2.05) is 54.6 Å². The second kappa shape index (κ2) is 13.5. The van der Waals surface area contributed by atoms with E-state index in [2.05, 4.69) is 36.3 Å². The third-order valence-electron chi connectivity index (χ3n) is 6.94. The Kier molecular flexibility index (Phi) is 9.84. The Hall–Kier alpha value is -3.56. The van der Waals surface area contributed by atoms with Gasteiger partial charge in [0.25, 0.3) is 0 Å². The van der Waals surface area contributed by atoms with Crippen LogP contribution < -0.4 is 5.32 Å². The third kappa shape index (κ3) is 7.97. The maximum Gasteiger partial charge on any atom is 0.303 e. The zero-order valence-electron chi connectivity index (χ0n) is 22.3. The topological polar surface area (TPSA) is 108 Å². The number of rotatable bonds is 11. The highest BCUT2D eigenvalue weighted by atomic mass is 16.7. The van der Waals surface area contributed by atoms with Gasteiger partial charge in [-0.2, -0.15) is 0 Å². The highest BCUT2D eigenvalue weighted by molar-refractivity contribution is 5.92. The maximum atomic E-state index is 12.0. The van der Waals surface area contributed by atoms with Crippen LogP contribution in [0.2, 0.25) is 0 Å². The molecule has 8 heteroatoms. The molecule has 8 nitrogen and oxygen atoms in total. The number of carboxylic acid groups (broad SMARTS) is 1. The molecule has 1 fully saturated rings. The van der Waals surface area contributed by atoms with E-state index in [-0.39, 0.29) is 43.5 Å². The fraction of sp³-hybridized carbons (Fsp3) is 0.355. The predicted octanol–water partition coefficient (Wildman–Crippen LogP) is 4.91. The molecule has 1 heterocycles. The van der Waals surface area contributed by atoms with E-state index in [0.717, 1.165) is 23.2 Å². The first-order valence-electron chi connectivity index (χ1n) is 13.2. The molecule has 3 aromatic carbocycles. The van der Waals surface area contributed by atoms with Crippen molar-refractivity contribution in [1.29, 1.82) is 0 Å². The second-order valence-corrected chi connectivity index (χ2v) is 10.1. The normalized spacial score (nSPS) is 21.0. The van der Waals surface area contributed by atoms with Gasteiger partial charge < -0.3 is 25.0 Å². The number of nitrogens with one attached hydrogen (secondary N) is 1. The van der Waals surface area contributed by atoms with Crippen molar-refractivity contribution in [3.05, 3.63) is 101 Å². The van der Waals surface area contributed by atoms with Gasteiger partial charge in [0.2, 0.25) is 5.91 Å². The summed E-state index contributed by atoms with van der Waals surface area (Å²) in [5.74, 6) is -1.30. The van der Waals surface area contributed by atoms with E-state index in [0.29, 0.717) is 12.2 Å². The van der Waals surface area contributed by atoms with Crippen LogP contribution in [0.25, 0.3) is 0 Å². The molecule has 0 aromatic heterocycles. The van der Waals surface area contributed by atoms with E-state index < -0.39 is 12.3 Å². The number of carbonyl (C=O) groups excluding carboxylic acids is 1. The number of amides is 1. The van der Waals surface area contributed by atoms with Crippen LogP contribution in [0.15, 0.2) is 78.9 Å². The zero-order chi connectivity index (χ0) is 27.8. The Morgan fingerprint density at radius 2 is 1.54 bits per heavy atom. The van der Waals surface area contributed by atoms with Crippen LogP contribution in [-0.2, 0) is 32.2 Å². The van der Waals surface area contributed by atoms with E-state index in [4.69, 9.17) is 14.6 Å². The number of ether oxygens (including phenoxy) is 2.